The van der Waals surface area contributed by atoms with E-state index in [2.05, 4.69) is 77.6 Å². The fourth-order valence-electron chi connectivity index (χ4n) is 3.05. The first kappa shape index (κ1) is 15.4. The summed E-state index contributed by atoms with van der Waals surface area (Å²) >= 11 is 0. The van der Waals surface area contributed by atoms with E-state index < -0.39 is 0 Å². The van der Waals surface area contributed by atoms with Gasteiger partial charge in [0, 0.05) is 12.2 Å². The number of para-hydroxylation sites is 1. The van der Waals surface area contributed by atoms with Crippen molar-refractivity contribution in [1.82, 2.24) is 5.43 Å². The van der Waals surface area contributed by atoms with Gasteiger partial charge in [0.05, 0.1) is 0 Å². The lowest BCUT2D eigenvalue weighted by Crippen LogP contribution is -2.20. The molecule has 0 unspecified atom stereocenters. The third-order valence-corrected chi connectivity index (χ3v) is 4.35. The van der Waals surface area contributed by atoms with Crippen LogP contribution < -0.4 is 10.9 Å². The quantitative estimate of drug-likeness (QED) is 0.465. The van der Waals surface area contributed by atoms with E-state index in [0.717, 1.165) is 12.2 Å². The van der Waals surface area contributed by atoms with Gasteiger partial charge in [-0.15, -0.1) is 0 Å². The maximum atomic E-state index is 3.26. The van der Waals surface area contributed by atoms with Gasteiger partial charge in [-0.1, -0.05) is 84.9 Å². The standard InChI is InChI=1S/C23H20N2/c1-2-9-21(10-3-1)25-24-17-18-13-15-20(16-14-18)23-12-6-8-19-7-4-5-11-22(19)23/h1-16,24-25H,17H2. The Kier molecular flexibility index (Phi) is 4.44. The number of hydrogen-bond acceptors (Lipinski definition) is 2. The van der Waals surface area contributed by atoms with Crippen LogP contribution in [0.15, 0.2) is 97.1 Å². The molecule has 0 amide bonds. The van der Waals surface area contributed by atoms with Crippen molar-refractivity contribution in [1.29, 1.82) is 0 Å². The fourth-order valence-corrected chi connectivity index (χ4v) is 3.05. The van der Waals surface area contributed by atoms with Gasteiger partial charge in [-0.2, -0.15) is 0 Å². The van der Waals surface area contributed by atoms with Crippen molar-refractivity contribution in [3.8, 4) is 11.1 Å². The van der Waals surface area contributed by atoms with E-state index >= 15 is 0 Å². The summed E-state index contributed by atoms with van der Waals surface area (Å²) in [6, 6.07) is 33.9. The zero-order valence-corrected chi connectivity index (χ0v) is 13.9. The number of anilines is 1. The zero-order valence-electron chi connectivity index (χ0n) is 13.9. The van der Waals surface area contributed by atoms with Crippen LogP contribution >= 0.6 is 0 Å². The van der Waals surface area contributed by atoms with Gasteiger partial charge in [-0.05, 0) is 39.6 Å². The van der Waals surface area contributed by atoms with Crippen LogP contribution in [0.5, 0.6) is 0 Å². The zero-order chi connectivity index (χ0) is 16.9. The average molecular weight is 324 g/mol. The Morgan fingerprint density at radius 1 is 0.600 bits per heavy atom. The maximum Gasteiger partial charge on any atom is 0.0487 e. The van der Waals surface area contributed by atoms with Gasteiger partial charge in [0.2, 0.25) is 0 Å². The third kappa shape index (κ3) is 3.54. The minimum atomic E-state index is 0.769. The van der Waals surface area contributed by atoms with E-state index in [1.165, 1.54) is 27.5 Å². The van der Waals surface area contributed by atoms with Gasteiger partial charge >= 0.3 is 0 Å². The van der Waals surface area contributed by atoms with Crippen LogP contribution in [0, 0.1) is 0 Å². The highest BCUT2D eigenvalue weighted by molar-refractivity contribution is 5.96. The molecule has 2 N–H and O–H groups in total. The Morgan fingerprint density at radius 3 is 2.16 bits per heavy atom. The van der Waals surface area contributed by atoms with Gasteiger partial charge < -0.3 is 5.43 Å². The molecule has 0 aromatic heterocycles. The number of hydrazine groups is 1. The lowest BCUT2D eigenvalue weighted by atomic mass is 9.97. The van der Waals surface area contributed by atoms with E-state index in [-0.39, 0.29) is 0 Å². The molecular formula is C23H20N2. The predicted octanol–water partition coefficient (Wildman–Crippen LogP) is 5.62. The first-order valence-electron chi connectivity index (χ1n) is 8.51. The molecule has 0 saturated heterocycles. The van der Waals surface area contributed by atoms with E-state index in [1.807, 2.05) is 30.3 Å². The fraction of sp³-hybridized carbons (Fsp3) is 0.0435. The Hall–Kier alpha value is -3.10. The van der Waals surface area contributed by atoms with Crippen LogP contribution in [0.2, 0.25) is 0 Å². The summed E-state index contributed by atoms with van der Waals surface area (Å²) in [6.45, 7) is 0.769. The second-order valence-electron chi connectivity index (χ2n) is 6.07. The molecule has 4 rings (SSSR count). The number of rotatable bonds is 5. The number of nitrogens with one attached hydrogen (secondary N) is 2. The third-order valence-electron chi connectivity index (χ3n) is 4.35. The normalized spacial score (nSPS) is 10.7. The highest BCUT2D eigenvalue weighted by Crippen LogP contribution is 2.28. The molecule has 0 aliphatic heterocycles. The van der Waals surface area contributed by atoms with Crippen LogP contribution in [0.25, 0.3) is 21.9 Å². The van der Waals surface area contributed by atoms with Gasteiger partial charge in [-0.3, -0.25) is 0 Å². The average Bonchev–Trinajstić information content (AvgIpc) is 2.69. The summed E-state index contributed by atoms with van der Waals surface area (Å²) in [7, 11) is 0. The van der Waals surface area contributed by atoms with Crippen LogP contribution in [0.4, 0.5) is 5.69 Å². The Balaban J connectivity index is 1.48. The van der Waals surface area contributed by atoms with Crippen molar-refractivity contribution in [2.45, 2.75) is 6.54 Å². The summed E-state index contributed by atoms with van der Waals surface area (Å²) in [5, 5.41) is 2.57. The molecule has 0 spiro atoms. The second kappa shape index (κ2) is 7.20. The molecule has 0 saturated carbocycles. The molecule has 25 heavy (non-hydrogen) atoms. The highest BCUT2D eigenvalue weighted by Gasteiger charge is 2.03. The summed E-state index contributed by atoms with van der Waals surface area (Å²) in [5.41, 5.74) is 11.3. The van der Waals surface area contributed by atoms with Crippen molar-refractivity contribution >= 4 is 16.5 Å². The first-order valence-corrected chi connectivity index (χ1v) is 8.51. The lowest BCUT2D eigenvalue weighted by molar-refractivity contribution is 0.801. The molecule has 0 atom stereocenters. The molecule has 4 aromatic carbocycles. The largest absolute Gasteiger partial charge is 0.321 e. The topological polar surface area (TPSA) is 24.1 Å². The van der Waals surface area contributed by atoms with E-state index in [9.17, 15) is 0 Å². The Bertz CT molecular complexity index is 955. The predicted molar refractivity (Wildman–Crippen MR) is 106 cm³/mol. The van der Waals surface area contributed by atoms with Crippen LogP contribution in [-0.2, 0) is 6.54 Å². The molecule has 0 fully saturated rings. The molecule has 2 heteroatoms. The van der Waals surface area contributed by atoms with Gasteiger partial charge in [-0.25, -0.2) is 5.43 Å². The lowest BCUT2D eigenvalue weighted by Gasteiger charge is -2.10. The summed E-state index contributed by atoms with van der Waals surface area (Å²) < 4.78 is 0. The van der Waals surface area contributed by atoms with Crippen LogP contribution in [0.1, 0.15) is 5.56 Å². The minimum Gasteiger partial charge on any atom is -0.321 e. The Morgan fingerprint density at radius 2 is 1.32 bits per heavy atom. The molecule has 2 nitrogen and oxygen atoms in total. The number of benzene rings is 4. The van der Waals surface area contributed by atoms with Crippen molar-refractivity contribution in [3.63, 3.8) is 0 Å². The molecule has 122 valence electrons. The second-order valence-corrected chi connectivity index (χ2v) is 6.07. The monoisotopic (exact) mass is 324 g/mol. The van der Waals surface area contributed by atoms with Crippen LogP contribution in [0.3, 0.4) is 0 Å². The number of hydrogen-bond donors (Lipinski definition) is 2. The van der Waals surface area contributed by atoms with E-state index in [0.29, 0.717) is 0 Å². The van der Waals surface area contributed by atoms with Crippen molar-refractivity contribution in [2.75, 3.05) is 5.43 Å². The molecular weight excluding hydrogens is 304 g/mol. The molecule has 0 aliphatic carbocycles. The van der Waals surface area contributed by atoms with Crippen molar-refractivity contribution < 1.29 is 0 Å². The maximum absolute atomic E-state index is 3.26. The van der Waals surface area contributed by atoms with E-state index in [4.69, 9.17) is 0 Å². The summed E-state index contributed by atoms with van der Waals surface area (Å²) in [5.74, 6) is 0. The molecule has 0 radical (unpaired) electrons. The van der Waals surface area contributed by atoms with Crippen LogP contribution in [-0.4, -0.2) is 0 Å². The SMILES string of the molecule is c1ccc(NNCc2ccc(-c3cccc4ccccc34)cc2)cc1. The Labute approximate surface area is 148 Å². The van der Waals surface area contributed by atoms with E-state index in [1.54, 1.807) is 0 Å². The first-order chi connectivity index (χ1) is 12.4. The molecule has 0 bridgehead atoms. The highest BCUT2D eigenvalue weighted by atomic mass is 15.3. The summed E-state index contributed by atoms with van der Waals surface area (Å²) in [4.78, 5) is 0. The summed E-state index contributed by atoms with van der Waals surface area (Å²) in [6.07, 6.45) is 0. The molecule has 0 aliphatic rings. The van der Waals surface area contributed by atoms with Gasteiger partial charge in [0.1, 0.15) is 0 Å². The number of fused-ring (bicyclic) bond motifs is 1. The minimum absolute atomic E-state index is 0.769. The van der Waals surface area contributed by atoms with Gasteiger partial charge in [0.15, 0.2) is 0 Å². The van der Waals surface area contributed by atoms with Crippen molar-refractivity contribution in [3.05, 3.63) is 103 Å². The molecule has 0 heterocycles. The smallest absolute Gasteiger partial charge is 0.0487 e. The van der Waals surface area contributed by atoms with Gasteiger partial charge in [0.25, 0.3) is 0 Å². The van der Waals surface area contributed by atoms with Crippen molar-refractivity contribution in [2.24, 2.45) is 0 Å². The molecule has 4 aromatic rings.